The maximum atomic E-state index is 12.6. The number of nitrogens with zero attached hydrogens (tertiary/aromatic N) is 1. The highest BCUT2D eigenvalue weighted by atomic mass is 35.5. The van der Waals surface area contributed by atoms with E-state index in [2.05, 4.69) is 15.6 Å². The van der Waals surface area contributed by atoms with Crippen LogP contribution in [0.4, 0.5) is 10.1 Å². The number of halogens is 2. The van der Waals surface area contributed by atoms with Gasteiger partial charge in [-0.05, 0) is 41.9 Å². The van der Waals surface area contributed by atoms with Crippen LogP contribution in [0.15, 0.2) is 41.5 Å². The number of rotatable bonds is 2. The Morgan fingerprint density at radius 1 is 1.33 bits per heavy atom. The van der Waals surface area contributed by atoms with Crippen molar-refractivity contribution in [3.05, 3.63) is 42.4 Å². The molecule has 0 bridgehead atoms. The molecule has 0 radical (unpaired) electrons. The van der Waals surface area contributed by atoms with Crippen molar-refractivity contribution in [3.8, 4) is 0 Å². The predicted molar refractivity (Wildman–Crippen MR) is 59.4 cm³/mol. The summed E-state index contributed by atoms with van der Waals surface area (Å²) in [5.74, 6) is -0.288. The number of hydrogen-bond acceptors (Lipinski definition) is 3. The third-order valence-corrected chi connectivity index (χ3v) is 2.16. The van der Waals surface area contributed by atoms with Crippen LogP contribution in [0.3, 0.4) is 0 Å². The quantitative estimate of drug-likeness (QED) is 0.599. The lowest BCUT2D eigenvalue weighted by atomic mass is 10.3. The molecule has 0 fully saturated rings. The minimum absolute atomic E-state index is 0.288. The Morgan fingerprint density at radius 3 is 2.67 bits per heavy atom. The molecule has 0 aliphatic carbocycles. The molecule has 1 atom stereocenters. The van der Waals surface area contributed by atoms with Crippen LogP contribution in [-0.4, -0.2) is 11.5 Å². The third kappa shape index (κ3) is 2.47. The summed E-state index contributed by atoms with van der Waals surface area (Å²) in [5.41, 5.74) is 0.686. The van der Waals surface area contributed by atoms with Crippen molar-refractivity contribution in [3.63, 3.8) is 0 Å². The summed E-state index contributed by atoms with van der Waals surface area (Å²) < 4.78 is 12.6. The molecule has 0 saturated carbocycles. The third-order valence-electron chi connectivity index (χ3n) is 1.86. The summed E-state index contributed by atoms with van der Waals surface area (Å²) in [7, 11) is 0. The molecular weight excluding hydrogens is 217 g/mol. The summed E-state index contributed by atoms with van der Waals surface area (Å²) in [6.07, 6.45) is 4.99. The normalized spacial score (nSPS) is 23.6. The van der Waals surface area contributed by atoms with Gasteiger partial charge < -0.3 is 10.6 Å². The van der Waals surface area contributed by atoms with Crippen molar-refractivity contribution >= 4 is 23.5 Å². The van der Waals surface area contributed by atoms with Gasteiger partial charge in [0.25, 0.3) is 5.25 Å². The standard InChI is InChI=1S/C10H9ClFN3/c11-10(13-6-1-7-14-10)15-9-4-2-8(12)3-5-9/h1-7,13,15H. The number of nitrogens with one attached hydrogen (secondary N) is 2. The zero-order valence-electron chi connectivity index (χ0n) is 7.74. The number of allylic oxidation sites excluding steroid dienone is 1. The first kappa shape index (κ1) is 9.98. The molecular formula is C10H9ClFN3. The fourth-order valence-corrected chi connectivity index (χ4v) is 1.41. The summed E-state index contributed by atoms with van der Waals surface area (Å²) in [6.45, 7) is 0. The fraction of sp³-hybridized carbons (Fsp3) is 0.100. The lowest BCUT2D eigenvalue weighted by molar-refractivity contribution is 0.608. The zero-order chi connectivity index (χ0) is 10.7. The summed E-state index contributed by atoms with van der Waals surface area (Å²) in [5, 5.41) is 4.67. The first-order valence-corrected chi connectivity index (χ1v) is 4.76. The second-order valence-corrected chi connectivity index (χ2v) is 3.58. The Hall–Kier alpha value is -1.55. The summed E-state index contributed by atoms with van der Waals surface area (Å²) in [6, 6.07) is 5.89. The van der Waals surface area contributed by atoms with Crippen LogP contribution >= 0.6 is 11.6 Å². The van der Waals surface area contributed by atoms with Crippen LogP contribution in [0, 0.1) is 5.82 Å². The molecule has 1 aliphatic heterocycles. The second-order valence-electron chi connectivity index (χ2n) is 3.04. The smallest absolute Gasteiger partial charge is 0.286 e. The SMILES string of the molecule is Fc1ccc(NC2(Cl)N=CC=CN2)cc1. The van der Waals surface area contributed by atoms with E-state index in [9.17, 15) is 4.39 Å². The number of alkyl halides is 1. The van der Waals surface area contributed by atoms with Gasteiger partial charge >= 0.3 is 0 Å². The molecule has 0 spiro atoms. The van der Waals surface area contributed by atoms with Gasteiger partial charge in [0.15, 0.2) is 0 Å². The molecule has 2 N–H and O–H groups in total. The van der Waals surface area contributed by atoms with Gasteiger partial charge in [-0.1, -0.05) is 0 Å². The Morgan fingerprint density at radius 2 is 2.07 bits per heavy atom. The van der Waals surface area contributed by atoms with Gasteiger partial charge in [0.1, 0.15) is 5.82 Å². The molecule has 0 aromatic heterocycles. The average molecular weight is 226 g/mol. The highest BCUT2D eigenvalue weighted by molar-refractivity contribution is 6.25. The maximum absolute atomic E-state index is 12.6. The van der Waals surface area contributed by atoms with Crippen LogP contribution in [0.5, 0.6) is 0 Å². The minimum atomic E-state index is -1.09. The largest absolute Gasteiger partial charge is 0.337 e. The van der Waals surface area contributed by atoms with Crippen LogP contribution < -0.4 is 10.6 Å². The highest BCUT2D eigenvalue weighted by Crippen LogP contribution is 2.19. The van der Waals surface area contributed by atoms with Crippen molar-refractivity contribution in [1.29, 1.82) is 0 Å². The monoisotopic (exact) mass is 225 g/mol. The lowest BCUT2D eigenvalue weighted by Crippen LogP contribution is -2.43. The Balaban J connectivity index is 2.11. The van der Waals surface area contributed by atoms with Gasteiger partial charge in [0.2, 0.25) is 0 Å². The summed E-state index contributed by atoms with van der Waals surface area (Å²) in [4.78, 5) is 4.02. The molecule has 15 heavy (non-hydrogen) atoms. The Bertz CT molecular complexity index is 402. The van der Waals surface area contributed by atoms with E-state index >= 15 is 0 Å². The van der Waals surface area contributed by atoms with Crippen molar-refractivity contribution < 1.29 is 4.39 Å². The van der Waals surface area contributed by atoms with E-state index < -0.39 is 5.25 Å². The van der Waals surface area contributed by atoms with Crippen molar-refractivity contribution in [2.45, 2.75) is 5.25 Å². The lowest BCUT2D eigenvalue weighted by Gasteiger charge is -2.26. The molecule has 0 saturated heterocycles. The van der Waals surface area contributed by atoms with Gasteiger partial charge in [-0.3, -0.25) is 0 Å². The number of anilines is 1. The molecule has 0 amide bonds. The van der Waals surface area contributed by atoms with E-state index in [1.807, 2.05) is 0 Å². The van der Waals surface area contributed by atoms with Gasteiger partial charge in [0, 0.05) is 18.1 Å². The van der Waals surface area contributed by atoms with E-state index in [0.29, 0.717) is 5.69 Å². The van der Waals surface area contributed by atoms with Gasteiger partial charge in [-0.25, -0.2) is 9.38 Å². The molecule has 5 heteroatoms. The fourth-order valence-electron chi connectivity index (χ4n) is 1.18. The molecule has 1 aliphatic rings. The minimum Gasteiger partial charge on any atom is -0.337 e. The average Bonchev–Trinajstić information content (AvgIpc) is 2.22. The van der Waals surface area contributed by atoms with Crippen molar-refractivity contribution in [2.24, 2.45) is 4.99 Å². The van der Waals surface area contributed by atoms with Gasteiger partial charge in [-0.2, -0.15) is 0 Å². The van der Waals surface area contributed by atoms with Gasteiger partial charge in [0.05, 0.1) is 0 Å². The molecule has 2 rings (SSSR count). The second kappa shape index (κ2) is 3.90. The van der Waals surface area contributed by atoms with Crippen LogP contribution in [0.1, 0.15) is 0 Å². The number of hydrogen-bond donors (Lipinski definition) is 2. The number of aliphatic imine (C=N–C) groups is 1. The predicted octanol–water partition coefficient (Wildman–Crippen LogP) is 2.28. The van der Waals surface area contributed by atoms with Crippen LogP contribution in [0.2, 0.25) is 0 Å². The topological polar surface area (TPSA) is 36.4 Å². The Labute approximate surface area is 91.7 Å². The first-order valence-electron chi connectivity index (χ1n) is 4.39. The van der Waals surface area contributed by atoms with Gasteiger partial charge in [-0.15, -0.1) is 0 Å². The van der Waals surface area contributed by atoms with Crippen molar-refractivity contribution in [1.82, 2.24) is 5.32 Å². The van der Waals surface area contributed by atoms with E-state index in [0.717, 1.165) is 0 Å². The zero-order valence-corrected chi connectivity index (χ0v) is 8.50. The molecule has 78 valence electrons. The van der Waals surface area contributed by atoms with E-state index in [4.69, 9.17) is 11.6 Å². The van der Waals surface area contributed by atoms with Crippen LogP contribution in [-0.2, 0) is 0 Å². The number of benzene rings is 1. The van der Waals surface area contributed by atoms with E-state index in [1.54, 1.807) is 30.6 Å². The first-order chi connectivity index (χ1) is 7.18. The van der Waals surface area contributed by atoms with Crippen LogP contribution in [0.25, 0.3) is 0 Å². The Kier molecular flexibility index (Phi) is 2.60. The van der Waals surface area contributed by atoms with E-state index in [1.165, 1.54) is 12.1 Å². The highest BCUT2D eigenvalue weighted by Gasteiger charge is 2.24. The molecule has 1 aromatic rings. The molecule has 1 unspecified atom stereocenters. The molecule has 1 heterocycles. The van der Waals surface area contributed by atoms with E-state index in [-0.39, 0.29) is 5.82 Å². The van der Waals surface area contributed by atoms with Crippen molar-refractivity contribution in [2.75, 3.05) is 5.32 Å². The molecule has 1 aromatic carbocycles. The maximum Gasteiger partial charge on any atom is 0.286 e. The summed E-state index contributed by atoms with van der Waals surface area (Å²) >= 11 is 6.08. The molecule has 3 nitrogen and oxygen atoms in total.